The number of carbonyl (C=O) groups excluding carboxylic acids is 2. The van der Waals surface area contributed by atoms with Crippen LogP contribution in [0.5, 0.6) is 0 Å². The number of amides is 3. The molecule has 3 atom stereocenters. The van der Waals surface area contributed by atoms with Crippen LogP contribution in [0.1, 0.15) is 42.7 Å². The lowest BCUT2D eigenvalue weighted by atomic mass is 10.0. The summed E-state index contributed by atoms with van der Waals surface area (Å²) >= 11 is 1.59. The normalized spacial score (nSPS) is 19.7. The molecule has 1 aromatic carbocycles. The summed E-state index contributed by atoms with van der Waals surface area (Å²) in [6.45, 7) is 1.85. The van der Waals surface area contributed by atoms with E-state index in [4.69, 9.17) is 4.74 Å². The van der Waals surface area contributed by atoms with Gasteiger partial charge in [-0.15, -0.1) is 11.3 Å². The van der Waals surface area contributed by atoms with Gasteiger partial charge in [-0.05, 0) is 49.8 Å². The maximum atomic E-state index is 13.7. The molecular formula is C27H33N3O8S. The van der Waals surface area contributed by atoms with Crippen molar-refractivity contribution in [3.63, 3.8) is 0 Å². The lowest BCUT2D eigenvalue weighted by Crippen LogP contribution is -2.57. The van der Waals surface area contributed by atoms with E-state index in [-0.39, 0.29) is 25.2 Å². The number of benzene rings is 1. The molecule has 3 amide bonds. The van der Waals surface area contributed by atoms with Crippen molar-refractivity contribution < 1.29 is 38.9 Å². The van der Waals surface area contributed by atoms with E-state index in [1.165, 1.54) is 7.11 Å². The number of nitrogens with one attached hydrogen (secondary N) is 1. The molecule has 1 aromatic heterocycles. The molecule has 1 aliphatic heterocycles. The van der Waals surface area contributed by atoms with Crippen LogP contribution in [0.2, 0.25) is 0 Å². The van der Waals surface area contributed by atoms with E-state index in [0.29, 0.717) is 19.4 Å². The fraction of sp³-hybridized carbons (Fsp3) is 0.481. The molecule has 39 heavy (non-hydrogen) atoms. The second kappa shape index (κ2) is 12.5. The van der Waals surface area contributed by atoms with E-state index in [9.17, 15) is 29.4 Å². The Morgan fingerprint density at radius 1 is 1.15 bits per heavy atom. The number of carbonyl (C=O) groups is 4. The summed E-state index contributed by atoms with van der Waals surface area (Å²) in [5.41, 5.74) is 2.15. The number of aryl methyl sites for hydroxylation is 1. The van der Waals surface area contributed by atoms with Gasteiger partial charge < -0.3 is 34.8 Å². The number of alkyl carbamates (subject to hydrolysis) is 1. The molecule has 210 valence electrons. The van der Waals surface area contributed by atoms with E-state index in [0.717, 1.165) is 38.6 Å². The Morgan fingerprint density at radius 2 is 1.85 bits per heavy atom. The maximum absolute atomic E-state index is 13.7. The van der Waals surface area contributed by atoms with Crippen LogP contribution < -0.4 is 5.32 Å². The number of hydrogen-bond acceptors (Lipinski definition) is 7. The highest BCUT2D eigenvalue weighted by molar-refractivity contribution is 7.15. The van der Waals surface area contributed by atoms with Crippen molar-refractivity contribution in [3.05, 3.63) is 46.8 Å². The number of nitrogens with zero attached hydrogens (tertiary/aromatic N) is 2. The van der Waals surface area contributed by atoms with Gasteiger partial charge in [0.2, 0.25) is 0 Å². The van der Waals surface area contributed by atoms with Crippen LogP contribution in [0.3, 0.4) is 0 Å². The fourth-order valence-electron chi connectivity index (χ4n) is 4.75. The molecular weight excluding hydrogens is 526 g/mol. The Labute approximate surface area is 230 Å². The molecule has 3 N–H and O–H groups in total. The van der Waals surface area contributed by atoms with Crippen LogP contribution in [-0.2, 0) is 25.5 Å². The molecule has 4 rings (SSSR count). The molecule has 0 unspecified atom stereocenters. The van der Waals surface area contributed by atoms with Gasteiger partial charge in [0, 0.05) is 22.3 Å². The average molecular weight is 560 g/mol. The molecule has 2 fully saturated rings. The lowest BCUT2D eigenvalue weighted by molar-refractivity contribution is -0.172. The molecule has 0 bridgehead atoms. The smallest absolute Gasteiger partial charge is 0.407 e. The van der Waals surface area contributed by atoms with E-state index >= 15 is 0 Å². The number of rotatable bonds is 10. The minimum Gasteiger partial charge on any atom is -0.479 e. The highest BCUT2D eigenvalue weighted by Gasteiger charge is 2.44. The highest BCUT2D eigenvalue weighted by atomic mass is 32.1. The standard InChI is InChI=1S/C27H33N3O8S/c1-16(30(19-10-11-19)24(31)20-14-29(27(35)36)15-21(38-20)25(32)33)22-13-18(9-6-12-28-26(34)37-2)23(39-22)17-7-4-3-5-8-17/h3-5,7-8,13,16,19-21H,6,9-12,14-15H2,1-2H3,(H,28,34)(H,32,33)(H,35,36)/t16-,20-,21+/m1/s1. The third kappa shape index (κ3) is 6.87. The second-order valence-electron chi connectivity index (χ2n) is 9.68. The summed E-state index contributed by atoms with van der Waals surface area (Å²) in [4.78, 5) is 53.1. The third-order valence-electron chi connectivity index (χ3n) is 6.89. The number of hydrogen-bond donors (Lipinski definition) is 3. The Kier molecular flexibility index (Phi) is 9.08. The van der Waals surface area contributed by atoms with Gasteiger partial charge in [0.15, 0.2) is 12.2 Å². The van der Waals surface area contributed by atoms with Crippen molar-refractivity contribution >= 4 is 35.4 Å². The van der Waals surface area contributed by atoms with Crippen molar-refractivity contribution in [1.82, 2.24) is 15.1 Å². The van der Waals surface area contributed by atoms with E-state index in [2.05, 4.69) is 16.1 Å². The topological polar surface area (TPSA) is 146 Å². The summed E-state index contributed by atoms with van der Waals surface area (Å²) in [5.74, 6) is -1.71. The van der Waals surface area contributed by atoms with Gasteiger partial charge in [-0.25, -0.2) is 14.4 Å². The summed E-state index contributed by atoms with van der Waals surface area (Å²) in [5, 5.41) is 21.6. The van der Waals surface area contributed by atoms with Crippen molar-refractivity contribution in [2.24, 2.45) is 0 Å². The number of carboxylic acids is 1. The van der Waals surface area contributed by atoms with Crippen LogP contribution >= 0.6 is 11.3 Å². The van der Waals surface area contributed by atoms with Gasteiger partial charge >= 0.3 is 18.2 Å². The van der Waals surface area contributed by atoms with Crippen LogP contribution in [0.25, 0.3) is 10.4 Å². The minimum absolute atomic E-state index is 0.0189. The summed E-state index contributed by atoms with van der Waals surface area (Å²) in [6, 6.07) is 11.7. The first-order valence-corrected chi connectivity index (χ1v) is 13.7. The highest BCUT2D eigenvalue weighted by Crippen LogP contribution is 2.42. The van der Waals surface area contributed by atoms with Gasteiger partial charge in [0.1, 0.15) is 0 Å². The number of thiophene rings is 1. The van der Waals surface area contributed by atoms with Gasteiger partial charge in [-0.3, -0.25) is 4.79 Å². The molecule has 0 radical (unpaired) electrons. The molecule has 11 nitrogen and oxygen atoms in total. The first-order chi connectivity index (χ1) is 18.7. The zero-order chi connectivity index (χ0) is 28.1. The van der Waals surface area contributed by atoms with Gasteiger partial charge in [0.05, 0.1) is 26.2 Å². The predicted molar refractivity (Wildman–Crippen MR) is 143 cm³/mol. The maximum Gasteiger partial charge on any atom is 0.407 e. The van der Waals surface area contributed by atoms with Crippen LogP contribution in [0.4, 0.5) is 9.59 Å². The zero-order valence-electron chi connectivity index (χ0n) is 21.9. The molecule has 1 aliphatic carbocycles. The minimum atomic E-state index is -1.41. The Hall–Kier alpha value is -3.64. The fourth-order valence-corrected chi connectivity index (χ4v) is 6.02. The van der Waals surface area contributed by atoms with Crippen LogP contribution in [-0.4, -0.2) is 89.1 Å². The first kappa shape index (κ1) is 28.4. The lowest BCUT2D eigenvalue weighted by Gasteiger charge is -2.38. The molecule has 2 aromatic rings. The molecule has 12 heteroatoms. The SMILES string of the molecule is COC(=O)NCCCc1cc([C@@H](C)N(C(=O)[C@H]2CN(C(=O)O)C[C@@H](C(=O)O)O2)C2CC2)sc1-c1ccccc1. The molecule has 2 aliphatic rings. The van der Waals surface area contributed by atoms with Crippen molar-refractivity contribution in [2.45, 2.75) is 56.9 Å². The van der Waals surface area contributed by atoms with E-state index < -0.39 is 36.3 Å². The van der Waals surface area contributed by atoms with Gasteiger partial charge in [-0.1, -0.05) is 30.3 Å². The largest absolute Gasteiger partial charge is 0.479 e. The molecule has 1 saturated carbocycles. The van der Waals surface area contributed by atoms with Crippen molar-refractivity contribution in [1.29, 1.82) is 0 Å². The monoisotopic (exact) mass is 559 g/mol. The van der Waals surface area contributed by atoms with Gasteiger partial charge in [0.25, 0.3) is 5.91 Å². The first-order valence-electron chi connectivity index (χ1n) is 12.9. The number of carboxylic acid groups (broad SMARTS) is 2. The van der Waals surface area contributed by atoms with Crippen molar-refractivity contribution in [2.75, 3.05) is 26.7 Å². The van der Waals surface area contributed by atoms with Gasteiger partial charge in [-0.2, -0.15) is 0 Å². The molecule has 2 heterocycles. The zero-order valence-corrected chi connectivity index (χ0v) is 22.7. The van der Waals surface area contributed by atoms with Crippen molar-refractivity contribution in [3.8, 4) is 10.4 Å². The Bertz CT molecular complexity index is 1180. The third-order valence-corrected chi connectivity index (χ3v) is 8.28. The summed E-state index contributed by atoms with van der Waals surface area (Å²) in [6.07, 6.45) is -1.34. The Balaban J connectivity index is 1.57. The number of methoxy groups -OCH3 is 1. The predicted octanol–water partition coefficient (Wildman–Crippen LogP) is 3.59. The van der Waals surface area contributed by atoms with E-state index in [1.807, 2.05) is 37.3 Å². The number of morpholine rings is 1. The average Bonchev–Trinajstić information content (AvgIpc) is 3.68. The second-order valence-corrected chi connectivity index (χ2v) is 10.8. The molecule has 1 saturated heterocycles. The number of aliphatic carboxylic acids is 1. The molecule has 0 spiro atoms. The van der Waals surface area contributed by atoms with E-state index in [1.54, 1.807) is 16.2 Å². The Morgan fingerprint density at radius 3 is 2.46 bits per heavy atom. The summed E-state index contributed by atoms with van der Waals surface area (Å²) < 4.78 is 10.2. The van der Waals surface area contributed by atoms with Crippen LogP contribution in [0, 0.1) is 0 Å². The number of ether oxygens (including phenoxy) is 2. The quantitative estimate of drug-likeness (QED) is 0.375. The summed E-state index contributed by atoms with van der Waals surface area (Å²) in [7, 11) is 1.32. The van der Waals surface area contributed by atoms with Crippen LogP contribution in [0.15, 0.2) is 36.4 Å².